The minimum atomic E-state index is -0.0433. The van der Waals surface area contributed by atoms with E-state index in [2.05, 4.69) is 10.6 Å². The molecular formula is C14H20N2O3. The number of aryl methyl sites for hydroxylation is 1. The molecule has 104 valence electrons. The molecule has 0 bridgehead atoms. The Hall–Kier alpha value is -2.04. The van der Waals surface area contributed by atoms with Gasteiger partial charge in [-0.05, 0) is 25.5 Å². The van der Waals surface area contributed by atoms with Crippen LogP contribution in [0, 0.1) is 6.92 Å². The van der Waals surface area contributed by atoms with Crippen molar-refractivity contribution in [1.82, 2.24) is 10.6 Å². The third kappa shape index (κ3) is 7.08. The van der Waals surface area contributed by atoms with E-state index < -0.39 is 0 Å². The highest BCUT2D eigenvalue weighted by molar-refractivity contribution is 5.75. The Kier molecular flexibility index (Phi) is 7.09. The molecule has 2 amide bonds. The van der Waals surface area contributed by atoms with E-state index in [1.165, 1.54) is 5.56 Å². The van der Waals surface area contributed by atoms with Gasteiger partial charge in [-0.15, -0.1) is 0 Å². The van der Waals surface area contributed by atoms with E-state index in [9.17, 15) is 9.59 Å². The summed E-state index contributed by atoms with van der Waals surface area (Å²) in [6.07, 6.45) is 1.70. The summed E-state index contributed by atoms with van der Waals surface area (Å²) in [5.41, 5.74) is 1.18. The summed E-state index contributed by atoms with van der Waals surface area (Å²) in [7, 11) is 0. The van der Waals surface area contributed by atoms with Gasteiger partial charge in [0.2, 0.25) is 12.3 Å². The number of carbonyl (C=O) groups is 2. The van der Waals surface area contributed by atoms with Gasteiger partial charge in [-0.25, -0.2) is 0 Å². The van der Waals surface area contributed by atoms with Crippen molar-refractivity contribution in [3.05, 3.63) is 29.8 Å². The van der Waals surface area contributed by atoms with Crippen molar-refractivity contribution >= 4 is 12.3 Å². The fraction of sp³-hybridized carbons (Fsp3) is 0.429. The number of hydrogen-bond acceptors (Lipinski definition) is 3. The van der Waals surface area contributed by atoms with E-state index in [1.807, 2.05) is 31.2 Å². The highest BCUT2D eigenvalue weighted by atomic mass is 16.5. The molecule has 0 saturated carbocycles. The maximum Gasteiger partial charge on any atom is 0.223 e. The molecule has 0 atom stereocenters. The first kappa shape index (κ1) is 15.0. The Balaban J connectivity index is 2.06. The first-order chi connectivity index (χ1) is 9.22. The van der Waals surface area contributed by atoms with Crippen LogP contribution in [0.2, 0.25) is 0 Å². The number of nitrogens with one attached hydrogen (secondary N) is 2. The van der Waals surface area contributed by atoms with Gasteiger partial charge in [0.25, 0.3) is 0 Å². The van der Waals surface area contributed by atoms with Crippen LogP contribution in [0.3, 0.4) is 0 Å². The lowest BCUT2D eigenvalue weighted by Gasteiger charge is -2.07. The van der Waals surface area contributed by atoms with Crippen LogP contribution < -0.4 is 15.4 Å². The molecule has 5 heteroatoms. The molecule has 0 aliphatic carbocycles. The molecule has 0 aliphatic heterocycles. The standard InChI is InChI=1S/C14H20N2O3/c1-12-3-5-13(6-4-12)19-10-7-14(18)16-9-2-8-15-11-17/h3-6,11H,2,7-10H2,1H3,(H,15,17)(H,16,18). The van der Waals surface area contributed by atoms with Crippen LogP contribution in [-0.2, 0) is 9.59 Å². The normalized spacial score (nSPS) is 9.74. The minimum absolute atomic E-state index is 0.0433. The van der Waals surface area contributed by atoms with Crippen LogP contribution in [0.15, 0.2) is 24.3 Å². The molecule has 1 aromatic carbocycles. The van der Waals surface area contributed by atoms with Gasteiger partial charge >= 0.3 is 0 Å². The lowest BCUT2D eigenvalue weighted by molar-refractivity contribution is -0.121. The van der Waals surface area contributed by atoms with Crippen molar-refractivity contribution in [3.8, 4) is 5.75 Å². The predicted molar refractivity (Wildman–Crippen MR) is 73.0 cm³/mol. The lowest BCUT2D eigenvalue weighted by atomic mass is 10.2. The molecular weight excluding hydrogens is 244 g/mol. The van der Waals surface area contributed by atoms with Crippen molar-refractivity contribution < 1.29 is 14.3 Å². The van der Waals surface area contributed by atoms with Gasteiger partial charge in [-0.1, -0.05) is 17.7 Å². The highest BCUT2D eigenvalue weighted by Gasteiger charge is 2.01. The van der Waals surface area contributed by atoms with Gasteiger partial charge in [0, 0.05) is 13.1 Å². The Morgan fingerprint density at radius 2 is 2.00 bits per heavy atom. The topological polar surface area (TPSA) is 67.4 Å². The monoisotopic (exact) mass is 264 g/mol. The molecule has 0 unspecified atom stereocenters. The van der Waals surface area contributed by atoms with E-state index >= 15 is 0 Å². The zero-order valence-electron chi connectivity index (χ0n) is 11.1. The molecule has 0 radical (unpaired) electrons. The van der Waals surface area contributed by atoms with Crippen molar-refractivity contribution in [2.75, 3.05) is 19.7 Å². The molecule has 5 nitrogen and oxygen atoms in total. The highest BCUT2D eigenvalue weighted by Crippen LogP contribution is 2.11. The lowest BCUT2D eigenvalue weighted by Crippen LogP contribution is -2.28. The molecule has 19 heavy (non-hydrogen) atoms. The quantitative estimate of drug-likeness (QED) is 0.517. The molecule has 0 saturated heterocycles. The van der Waals surface area contributed by atoms with E-state index in [4.69, 9.17) is 4.74 Å². The van der Waals surface area contributed by atoms with Crippen molar-refractivity contribution in [2.24, 2.45) is 0 Å². The number of hydrogen-bond donors (Lipinski definition) is 2. The SMILES string of the molecule is Cc1ccc(OCCC(=O)NCCCNC=O)cc1. The number of rotatable bonds is 9. The van der Waals surface area contributed by atoms with Gasteiger partial charge < -0.3 is 15.4 Å². The summed E-state index contributed by atoms with van der Waals surface area (Å²) >= 11 is 0. The van der Waals surface area contributed by atoms with Gasteiger partial charge in [-0.3, -0.25) is 9.59 Å². The molecule has 1 rings (SSSR count). The maximum atomic E-state index is 11.4. The summed E-state index contributed by atoms with van der Waals surface area (Å²) in [6, 6.07) is 7.71. The van der Waals surface area contributed by atoms with E-state index in [0.717, 1.165) is 12.2 Å². The Morgan fingerprint density at radius 3 is 2.68 bits per heavy atom. The first-order valence-corrected chi connectivity index (χ1v) is 6.35. The number of ether oxygens (including phenoxy) is 1. The molecule has 0 fully saturated rings. The zero-order chi connectivity index (χ0) is 13.9. The van der Waals surface area contributed by atoms with Crippen LogP contribution >= 0.6 is 0 Å². The molecule has 0 spiro atoms. The number of benzene rings is 1. The van der Waals surface area contributed by atoms with Crippen molar-refractivity contribution in [1.29, 1.82) is 0 Å². The Labute approximate surface area is 113 Å². The molecule has 0 aromatic heterocycles. The smallest absolute Gasteiger partial charge is 0.223 e. The van der Waals surface area contributed by atoms with Crippen LogP contribution in [-0.4, -0.2) is 32.0 Å². The predicted octanol–water partition coefficient (Wildman–Crippen LogP) is 1.02. The zero-order valence-corrected chi connectivity index (χ0v) is 11.1. The maximum absolute atomic E-state index is 11.4. The van der Waals surface area contributed by atoms with E-state index in [-0.39, 0.29) is 5.91 Å². The fourth-order valence-electron chi connectivity index (χ4n) is 1.46. The van der Waals surface area contributed by atoms with E-state index in [1.54, 1.807) is 0 Å². The van der Waals surface area contributed by atoms with Gasteiger partial charge in [0.1, 0.15) is 5.75 Å². The largest absolute Gasteiger partial charge is 0.493 e. The summed E-state index contributed by atoms with van der Waals surface area (Å²) in [5, 5.41) is 5.30. The third-order valence-electron chi connectivity index (χ3n) is 2.52. The second kappa shape index (κ2) is 8.97. The van der Waals surface area contributed by atoms with Gasteiger partial charge in [0.05, 0.1) is 13.0 Å². The minimum Gasteiger partial charge on any atom is -0.493 e. The van der Waals surface area contributed by atoms with Crippen LogP contribution in [0.25, 0.3) is 0 Å². The van der Waals surface area contributed by atoms with Crippen molar-refractivity contribution in [3.63, 3.8) is 0 Å². The van der Waals surface area contributed by atoms with E-state index in [0.29, 0.717) is 32.5 Å². The average molecular weight is 264 g/mol. The molecule has 2 N–H and O–H groups in total. The summed E-state index contributed by atoms with van der Waals surface area (Å²) < 4.78 is 5.46. The molecule has 0 aliphatic rings. The fourth-order valence-corrected chi connectivity index (χ4v) is 1.46. The summed E-state index contributed by atoms with van der Waals surface area (Å²) in [4.78, 5) is 21.4. The summed E-state index contributed by atoms with van der Waals surface area (Å²) in [5.74, 6) is 0.729. The molecule has 0 heterocycles. The van der Waals surface area contributed by atoms with Crippen LogP contribution in [0.5, 0.6) is 5.75 Å². The second-order valence-electron chi connectivity index (χ2n) is 4.19. The molecule has 1 aromatic rings. The summed E-state index contributed by atoms with van der Waals surface area (Å²) in [6.45, 7) is 3.51. The third-order valence-corrected chi connectivity index (χ3v) is 2.52. The number of carbonyl (C=O) groups excluding carboxylic acids is 2. The van der Waals surface area contributed by atoms with Gasteiger partial charge in [-0.2, -0.15) is 0 Å². The second-order valence-corrected chi connectivity index (χ2v) is 4.19. The van der Waals surface area contributed by atoms with Gasteiger partial charge in [0.15, 0.2) is 0 Å². The first-order valence-electron chi connectivity index (χ1n) is 6.35. The Bertz CT molecular complexity index is 390. The Morgan fingerprint density at radius 1 is 1.26 bits per heavy atom. The average Bonchev–Trinajstić information content (AvgIpc) is 2.41. The van der Waals surface area contributed by atoms with Crippen LogP contribution in [0.4, 0.5) is 0 Å². The van der Waals surface area contributed by atoms with Crippen LogP contribution in [0.1, 0.15) is 18.4 Å². The van der Waals surface area contributed by atoms with Crippen molar-refractivity contribution in [2.45, 2.75) is 19.8 Å². The number of amides is 2.